The van der Waals surface area contributed by atoms with Gasteiger partial charge in [-0.1, -0.05) is 32.9 Å². The Labute approximate surface area is 207 Å². The highest BCUT2D eigenvalue weighted by molar-refractivity contribution is 5.87. The van der Waals surface area contributed by atoms with Gasteiger partial charge in [0.1, 0.15) is 5.52 Å². The Morgan fingerprint density at radius 1 is 1.17 bits per heavy atom. The molecule has 0 atom stereocenters. The van der Waals surface area contributed by atoms with Gasteiger partial charge in [-0.25, -0.2) is 4.98 Å². The fourth-order valence-corrected chi connectivity index (χ4v) is 4.53. The summed E-state index contributed by atoms with van der Waals surface area (Å²) in [7, 11) is 3.64. The number of hydrogen-bond donors (Lipinski definition) is 2. The Kier molecular flexibility index (Phi) is 6.48. The summed E-state index contributed by atoms with van der Waals surface area (Å²) in [6, 6.07) is 6.55. The lowest BCUT2D eigenvalue weighted by Crippen LogP contribution is -2.61. The molecule has 0 aliphatic carbocycles. The van der Waals surface area contributed by atoms with E-state index in [-0.39, 0.29) is 16.9 Å². The molecule has 4 rings (SSSR count). The molecule has 1 fully saturated rings. The van der Waals surface area contributed by atoms with Crippen molar-refractivity contribution in [3.05, 3.63) is 35.7 Å². The molecule has 9 nitrogen and oxygen atoms in total. The molecular weight excluding hydrogens is 440 g/mol. The van der Waals surface area contributed by atoms with Gasteiger partial charge in [0.05, 0.1) is 12.9 Å². The average molecular weight is 479 g/mol. The van der Waals surface area contributed by atoms with E-state index in [1.165, 1.54) is 5.56 Å². The van der Waals surface area contributed by atoms with Crippen LogP contribution in [0.5, 0.6) is 0 Å². The van der Waals surface area contributed by atoms with Gasteiger partial charge in [-0.3, -0.25) is 9.69 Å². The third-order valence-electron chi connectivity index (χ3n) is 6.89. The Hall–Kier alpha value is -3.20. The number of amides is 1. The van der Waals surface area contributed by atoms with Crippen molar-refractivity contribution in [2.75, 3.05) is 43.4 Å². The highest BCUT2D eigenvalue weighted by Gasteiger charge is 2.36. The second-order valence-electron chi connectivity index (χ2n) is 11.1. The standard InChI is InChI=1S/C26H38N8O/c1-17-9-10-18(25(2,3)4)13-19(17)29-23-21-22(28-16-32(21)8)30-24(31-23)33-11-12-34(14-20(35)27-7)26(5,6)15-33/h9-10,13,16H,11-12,14-15H2,1-8H3,(H,27,35)(H,29,30,31). The van der Waals surface area contributed by atoms with Gasteiger partial charge in [0, 0.05) is 45.0 Å². The van der Waals surface area contributed by atoms with Crippen molar-refractivity contribution >= 4 is 34.5 Å². The lowest BCUT2D eigenvalue weighted by molar-refractivity contribution is -0.123. The number of anilines is 3. The Balaban J connectivity index is 1.69. The molecule has 2 aromatic heterocycles. The summed E-state index contributed by atoms with van der Waals surface area (Å²) in [5.41, 5.74) is 4.80. The topological polar surface area (TPSA) is 91.2 Å². The molecule has 9 heteroatoms. The minimum Gasteiger partial charge on any atom is -0.358 e. The number of aromatic nitrogens is 4. The fourth-order valence-electron chi connectivity index (χ4n) is 4.53. The molecule has 1 amide bonds. The number of likely N-dealkylation sites (N-methyl/N-ethyl adjacent to an activating group) is 1. The molecule has 0 saturated carbocycles. The number of carbonyl (C=O) groups is 1. The molecule has 1 aromatic carbocycles. The number of benzene rings is 1. The summed E-state index contributed by atoms with van der Waals surface area (Å²) in [6.07, 6.45) is 1.78. The number of imidazole rings is 1. The summed E-state index contributed by atoms with van der Waals surface area (Å²) in [6.45, 7) is 15.6. The third-order valence-corrected chi connectivity index (χ3v) is 6.89. The van der Waals surface area contributed by atoms with E-state index in [1.54, 1.807) is 13.4 Å². The van der Waals surface area contributed by atoms with Crippen molar-refractivity contribution in [1.29, 1.82) is 0 Å². The van der Waals surface area contributed by atoms with Gasteiger partial charge < -0.3 is 20.1 Å². The molecule has 1 aliphatic heterocycles. The first-order valence-electron chi connectivity index (χ1n) is 12.2. The monoisotopic (exact) mass is 478 g/mol. The summed E-state index contributed by atoms with van der Waals surface area (Å²) >= 11 is 0. The number of hydrogen-bond acceptors (Lipinski definition) is 7. The van der Waals surface area contributed by atoms with Gasteiger partial charge in [-0.2, -0.15) is 9.97 Å². The Morgan fingerprint density at radius 3 is 2.57 bits per heavy atom. The van der Waals surface area contributed by atoms with Crippen molar-refractivity contribution in [1.82, 2.24) is 29.7 Å². The number of carbonyl (C=O) groups excluding carboxylic acids is 1. The van der Waals surface area contributed by atoms with Gasteiger partial charge in [0.15, 0.2) is 11.5 Å². The number of nitrogens with one attached hydrogen (secondary N) is 2. The van der Waals surface area contributed by atoms with E-state index < -0.39 is 0 Å². The largest absolute Gasteiger partial charge is 0.358 e. The quantitative estimate of drug-likeness (QED) is 0.581. The van der Waals surface area contributed by atoms with Crippen LogP contribution in [-0.4, -0.2) is 69.1 Å². The zero-order valence-electron chi connectivity index (χ0n) is 22.2. The number of fused-ring (bicyclic) bond motifs is 1. The van der Waals surface area contributed by atoms with Gasteiger partial charge in [0.2, 0.25) is 11.9 Å². The highest BCUT2D eigenvalue weighted by Crippen LogP contribution is 2.32. The van der Waals surface area contributed by atoms with Crippen LogP contribution in [0.1, 0.15) is 45.7 Å². The van der Waals surface area contributed by atoms with Crippen molar-refractivity contribution in [2.45, 2.75) is 52.5 Å². The molecule has 35 heavy (non-hydrogen) atoms. The molecule has 1 aliphatic rings. The van der Waals surface area contributed by atoms with Crippen LogP contribution in [0.2, 0.25) is 0 Å². The minimum atomic E-state index is -0.210. The first-order valence-corrected chi connectivity index (χ1v) is 12.2. The molecule has 0 unspecified atom stereocenters. The lowest BCUT2D eigenvalue weighted by atomic mass is 9.86. The van der Waals surface area contributed by atoms with E-state index in [2.05, 4.69) is 85.2 Å². The summed E-state index contributed by atoms with van der Waals surface area (Å²) in [4.78, 5) is 30.7. The molecule has 1 saturated heterocycles. The zero-order valence-corrected chi connectivity index (χ0v) is 22.2. The van der Waals surface area contributed by atoms with E-state index in [0.717, 1.165) is 35.7 Å². The van der Waals surface area contributed by atoms with Crippen LogP contribution >= 0.6 is 0 Å². The Bertz CT molecular complexity index is 1240. The molecule has 0 radical (unpaired) electrons. The maximum atomic E-state index is 12.0. The number of aryl methyl sites for hydroxylation is 2. The van der Waals surface area contributed by atoms with Crippen LogP contribution < -0.4 is 15.5 Å². The van der Waals surface area contributed by atoms with E-state index in [4.69, 9.17) is 9.97 Å². The fraction of sp³-hybridized carbons (Fsp3) is 0.538. The summed E-state index contributed by atoms with van der Waals surface area (Å²) in [5.74, 6) is 1.41. The SMILES string of the molecule is CNC(=O)CN1CCN(c2nc(Nc3cc(C(C)(C)C)ccc3C)c3c(ncn3C)n2)CC1(C)C. The molecule has 0 spiro atoms. The van der Waals surface area contributed by atoms with Gasteiger partial charge >= 0.3 is 0 Å². The van der Waals surface area contributed by atoms with Gasteiger partial charge in [-0.05, 0) is 43.4 Å². The van der Waals surface area contributed by atoms with Crippen LogP contribution in [0.4, 0.5) is 17.5 Å². The van der Waals surface area contributed by atoms with E-state index in [1.807, 2.05) is 11.6 Å². The minimum absolute atomic E-state index is 0.0250. The average Bonchev–Trinajstić information content (AvgIpc) is 3.16. The van der Waals surface area contributed by atoms with E-state index >= 15 is 0 Å². The second-order valence-corrected chi connectivity index (χ2v) is 11.1. The molecule has 188 valence electrons. The van der Waals surface area contributed by atoms with Gasteiger partial charge in [-0.15, -0.1) is 0 Å². The van der Waals surface area contributed by atoms with Crippen LogP contribution in [0.25, 0.3) is 11.2 Å². The lowest BCUT2D eigenvalue weighted by Gasteiger charge is -2.46. The van der Waals surface area contributed by atoms with E-state index in [9.17, 15) is 4.79 Å². The first kappa shape index (κ1) is 24.9. The third kappa shape index (κ3) is 5.10. The highest BCUT2D eigenvalue weighted by atomic mass is 16.1. The molecule has 0 bridgehead atoms. The van der Waals surface area contributed by atoms with Crippen LogP contribution in [-0.2, 0) is 17.3 Å². The number of rotatable bonds is 5. The van der Waals surface area contributed by atoms with Gasteiger partial charge in [0.25, 0.3) is 0 Å². The van der Waals surface area contributed by atoms with Crippen LogP contribution in [0.3, 0.4) is 0 Å². The van der Waals surface area contributed by atoms with E-state index in [0.29, 0.717) is 24.7 Å². The van der Waals surface area contributed by atoms with Crippen LogP contribution in [0.15, 0.2) is 24.5 Å². The smallest absolute Gasteiger partial charge is 0.233 e. The number of piperazine rings is 1. The van der Waals surface area contributed by atoms with Crippen molar-refractivity contribution in [3.8, 4) is 0 Å². The number of nitrogens with zero attached hydrogens (tertiary/aromatic N) is 6. The summed E-state index contributed by atoms with van der Waals surface area (Å²) in [5, 5.41) is 6.32. The second kappa shape index (κ2) is 9.11. The molecule has 3 heterocycles. The van der Waals surface area contributed by atoms with Crippen molar-refractivity contribution in [3.63, 3.8) is 0 Å². The maximum Gasteiger partial charge on any atom is 0.233 e. The molecular formula is C26H38N8O. The normalized spacial score (nSPS) is 16.5. The van der Waals surface area contributed by atoms with Crippen molar-refractivity contribution < 1.29 is 4.79 Å². The van der Waals surface area contributed by atoms with Crippen LogP contribution in [0, 0.1) is 6.92 Å². The molecule has 2 N–H and O–H groups in total. The van der Waals surface area contributed by atoms with Crippen molar-refractivity contribution in [2.24, 2.45) is 7.05 Å². The predicted octanol–water partition coefficient (Wildman–Crippen LogP) is 3.36. The first-order chi connectivity index (χ1) is 16.4. The zero-order chi connectivity index (χ0) is 25.5. The molecule has 3 aromatic rings. The Morgan fingerprint density at radius 2 is 1.91 bits per heavy atom. The predicted molar refractivity (Wildman–Crippen MR) is 141 cm³/mol. The summed E-state index contributed by atoms with van der Waals surface area (Å²) < 4.78 is 1.95. The maximum absolute atomic E-state index is 12.0.